The van der Waals surface area contributed by atoms with Crippen LogP contribution in [0.4, 0.5) is 0 Å². The third-order valence-electron chi connectivity index (χ3n) is 1.62. The van der Waals surface area contributed by atoms with E-state index in [1.807, 2.05) is 0 Å². The molecule has 0 aromatic carbocycles. The highest BCUT2D eigenvalue weighted by molar-refractivity contribution is 6.17. The van der Waals surface area contributed by atoms with Crippen molar-refractivity contribution in [2.75, 3.05) is 5.88 Å². The molecule has 0 radical (unpaired) electrons. The first-order valence-electron chi connectivity index (χ1n) is 4.26. The Balaban J connectivity index is 3.80. The maximum atomic E-state index is 11.1. The number of nitrogens with one attached hydrogen (secondary N) is 1. The molecule has 13 heavy (non-hydrogen) atoms. The van der Waals surface area contributed by atoms with E-state index in [1.54, 1.807) is 6.92 Å². The molecule has 5 heteroatoms. The van der Waals surface area contributed by atoms with Gasteiger partial charge in [0.05, 0.1) is 0 Å². The topological polar surface area (TPSA) is 72.2 Å². The first-order valence-corrected chi connectivity index (χ1v) is 4.79. The van der Waals surface area contributed by atoms with Crippen LogP contribution in [-0.2, 0) is 9.59 Å². The summed E-state index contributed by atoms with van der Waals surface area (Å²) in [6.07, 6.45) is 1.47. The van der Waals surface area contributed by atoms with E-state index in [-0.39, 0.29) is 5.91 Å². The fraction of sp³-hybridized carbons (Fsp3) is 0.750. The number of hydrogen-bond acceptors (Lipinski definition) is 2. The van der Waals surface area contributed by atoms with Gasteiger partial charge in [0.2, 0.25) is 11.8 Å². The molecule has 0 saturated heterocycles. The monoisotopic (exact) mass is 206 g/mol. The van der Waals surface area contributed by atoms with E-state index in [1.165, 1.54) is 0 Å². The van der Waals surface area contributed by atoms with Crippen LogP contribution >= 0.6 is 11.6 Å². The Kier molecular flexibility index (Phi) is 6.32. The number of halogens is 1. The maximum Gasteiger partial charge on any atom is 0.239 e. The van der Waals surface area contributed by atoms with Crippen molar-refractivity contribution in [2.45, 2.75) is 32.2 Å². The van der Waals surface area contributed by atoms with E-state index < -0.39 is 11.9 Å². The molecule has 0 aliphatic rings. The van der Waals surface area contributed by atoms with E-state index in [9.17, 15) is 9.59 Å². The third-order valence-corrected chi connectivity index (χ3v) is 1.89. The minimum absolute atomic E-state index is 0.175. The van der Waals surface area contributed by atoms with Crippen molar-refractivity contribution in [3.8, 4) is 0 Å². The van der Waals surface area contributed by atoms with Crippen molar-refractivity contribution in [3.63, 3.8) is 0 Å². The zero-order valence-electron chi connectivity index (χ0n) is 7.68. The minimum atomic E-state index is -0.553. The van der Waals surface area contributed by atoms with Crippen LogP contribution < -0.4 is 11.1 Å². The summed E-state index contributed by atoms with van der Waals surface area (Å²) in [6, 6.07) is -0.553. The van der Waals surface area contributed by atoms with Crippen molar-refractivity contribution >= 4 is 23.4 Å². The van der Waals surface area contributed by atoms with Crippen molar-refractivity contribution in [2.24, 2.45) is 5.73 Å². The standard InChI is InChI=1S/C8H15ClN2O2/c1-2-6(8(10)13)11-7(12)4-3-5-9/h6H,2-5H2,1H3,(H2,10,13)(H,11,12)/t6-/m0/s1. The zero-order chi connectivity index (χ0) is 10.3. The number of carbonyl (C=O) groups is 2. The molecule has 0 aliphatic carbocycles. The largest absolute Gasteiger partial charge is 0.368 e. The van der Waals surface area contributed by atoms with Gasteiger partial charge >= 0.3 is 0 Å². The Bertz CT molecular complexity index is 185. The number of primary amides is 1. The molecule has 0 aliphatic heterocycles. The average Bonchev–Trinajstić information content (AvgIpc) is 2.10. The Morgan fingerprint density at radius 1 is 1.54 bits per heavy atom. The Morgan fingerprint density at radius 3 is 2.54 bits per heavy atom. The van der Waals surface area contributed by atoms with Crippen LogP contribution in [0.15, 0.2) is 0 Å². The van der Waals surface area contributed by atoms with Crippen molar-refractivity contribution in [1.82, 2.24) is 5.32 Å². The van der Waals surface area contributed by atoms with Gasteiger partial charge in [-0.1, -0.05) is 6.92 Å². The van der Waals surface area contributed by atoms with Crippen LogP contribution in [0.2, 0.25) is 0 Å². The number of alkyl halides is 1. The van der Waals surface area contributed by atoms with Gasteiger partial charge in [-0.05, 0) is 12.8 Å². The molecular formula is C8H15ClN2O2. The third kappa shape index (κ3) is 5.47. The zero-order valence-corrected chi connectivity index (χ0v) is 8.43. The van der Waals surface area contributed by atoms with Gasteiger partial charge in [-0.2, -0.15) is 0 Å². The number of amides is 2. The lowest BCUT2D eigenvalue weighted by Crippen LogP contribution is -2.43. The van der Waals surface area contributed by atoms with Gasteiger partial charge in [-0.15, -0.1) is 11.6 Å². The Hall–Kier alpha value is -0.770. The van der Waals surface area contributed by atoms with Crippen LogP contribution in [0.25, 0.3) is 0 Å². The molecule has 0 aromatic rings. The average molecular weight is 207 g/mol. The number of rotatable bonds is 6. The molecule has 1 atom stereocenters. The number of nitrogens with two attached hydrogens (primary N) is 1. The molecule has 0 bridgehead atoms. The van der Waals surface area contributed by atoms with E-state index in [4.69, 9.17) is 17.3 Å². The highest BCUT2D eigenvalue weighted by Crippen LogP contribution is 1.95. The first kappa shape index (κ1) is 12.2. The Labute approximate surface area is 82.8 Å². The molecule has 76 valence electrons. The van der Waals surface area contributed by atoms with Crippen molar-refractivity contribution in [1.29, 1.82) is 0 Å². The summed E-state index contributed by atoms with van der Waals surface area (Å²) in [5.41, 5.74) is 5.04. The fourth-order valence-corrected chi connectivity index (χ4v) is 1.00. The fourth-order valence-electron chi connectivity index (χ4n) is 0.868. The second-order valence-corrected chi connectivity index (χ2v) is 3.10. The number of carbonyl (C=O) groups excluding carboxylic acids is 2. The van der Waals surface area contributed by atoms with E-state index in [2.05, 4.69) is 5.32 Å². The summed E-state index contributed by atoms with van der Waals surface area (Å²) >= 11 is 5.41. The maximum absolute atomic E-state index is 11.1. The normalized spacial score (nSPS) is 12.2. The molecular weight excluding hydrogens is 192 g/mol. The van der Waals surface area contributed by atoms with E-state index in [0.717, 1.165) is 0 Å². The van der Waals surface area contributed by atoms with Gasteiger partial charge in [0, 0.05) is 12.3 Å². The summed E-state index contributed by atoms with van der Waals surface area (Å²) in [4.78, 5) is 21.8. The highest BCUT2D eigenvalue weighted by Gasteiger charge is 2.14. The predicted octanol–water partition coefficient (Wildman–Crippen LogP) is 0.385. The van der Waals surface area contributed by atoms with Crippen molar-refractivity contribution < 1.29 is 9.59 Å². The van der Waals surface area contributed by atoms with Gasteiger partial charge < -0.3 is 11.1 Å². The van der Waals surface area contributed by atoms with Crippen LogP contribution in [-0.4, -0.2) is 23.7 Å². The summed E-state index contributed by atoms with van der Waals surface area (Å²) in [7, 11) is 0. The second kappa shape index (κ2) is 6.71. The summed E-state index contributed by atoms with van der Waals surface area (Å²) in [5.74, 6) is -0.228. The van der Waals surface area contributed by atoms with Crippen molar-refractivity contribution in [3.05, 3.63) is 0 Å². The lowest BCUT2D eigenvalue weighted by molar-refractivity contribution is -0.127. The number of hydrogen-bond donors (Lipinski definition) is 2. The predicted molar refractivity (Wildman–Crippen MR) is 51.4 cm³/mol. The van der Waals surface area contributed by atoms with Gasteiger partial charge in [-0.3, -0.25) is 9.59 Å². The summed E-state index contributed by atoms with van der Waals surface area (Å²) in [6.45, 7) is 1.79. The van der Waals surface area contributed by atoms with Gasteiger partial charge in [0.25, 0.3) is 0 Å². The van der Waals surface area contributed by atoms with Crippen LogP contribution in [0.3, 0.4) is 0 Å². The van der Waals surface area contributed by atoms with Gasteiger partial charge in [0.15, 0.2) is 0 Å². The van der Waals surface area contributed by atoms with Gasteiger partial charge in [0.1, 0.15) is 6.04 Å². The molecule has 4 nitrogen and oxygen atoms in total. The molecule has 3 N–H and O–H groups in total. The SMILES string of the molecule is CC[C@H](NC(=O)CCCCl)C(N)=O. The lowest BCUT2D eigenvalue weighted by Gasteiger charge is -2.12. The van der Waals surface area contributed by atoms with Crippen LogP contribution in [0, 0.1) is 0 Å². The van der Waals surface area contributed by atoms with Gasteiger partial charge in [-0.25, -0.2) is 0 Å². The van der Waals surface area contributed by atoms with Crippen LogP contribution in [0.1, 0.15) is 26.2 Å². The summed E-state index contributed by atoms with van der Waals surface area (Å²) < 4.78 is 0. The molecule has 0 spiro atoms. The molecule has 0 heterocycles. The highest BCUT2D eigenvalue weighted by atomic mass is 35.5. The molecule has 0 saturated carbocycles. The molecule has 2 amide bonds. The minimum Gasteiger partial charge on any atom is -0.368 e. The van der Waals surface area contributed by atoms with Crippen LogP contribution in [0.5, 0.6) is 0 Å². The molecule has 0 rings (SSSR count). The first-order chi connectivity index (χ1) is 6.11. The quantitative estimate of drug-likeness (QED) is 0.617. The lowest BCUT2D eigenvalue weighted by atomic mass is 10.2. The molecule has 0 aromatic heterocycles. The molecule has 0 unspecified atom stereocenters. The summed E-state index contributed by atoms with van der Waals surface area (Å²) in [5, 5.41) is 2.53. The molecule has 0 fully saturated rings. The second-order valence-electron chi connectivity index (χ2n) is 2.72. The smallest absolute Gasteiger partial charge is 0.239 e. The Morgan fingerprint density at radius 2 is 2.15 bits per heavy atom. The van der Waals surface area contributed by atoms with E-state index in [0.29, 0.717) is 25.1 Å². The van der Waals surface area contributed by atoms with E-state index >= 15 is 0 Å².